The van der Waals surface area contributed by atoms with Crippen molar-refractivity contribution in [1.29, 1.82) is 0 Å². The quantitative estimate of drug-likeness (QED) is 0.387. The molecule has 0 atom stereocenters. The molecule has 4 N–H and O–H groups in total. The number of nitrogens with two attached hydrogens (primary N) is 1. The van der Waals surface area contributed by atoms with Gasteiger partial charge in [0.15, 0.2) is 0 Å². The van der Waals surface area contributed by atoms with Crippen LogP contribution in [0.1, 0.15) is 43.4 Å². The molecule has 166 valence electrons. The molecule has 9 nitrogen and oxygen atoms in total. The third-order valence-corrected chi connectivity index (χ3v) is 5.01. The van der Waals surface area contributed by atoms with Gasteiger partial charge in [0, 0.05) is 23.4 Å². The fourth-order valence-electron chi connectivity index (χ4n) is 3.25. The maximum absolute atomic E-state index is 12.9. The Labute approximate surface area is 190 Å². The van der Waals surface area contributed by atoms with Crippen LogP contribution in [0.2, 0.25) is 0 Å². The number of nitrogens with one attached hydrogen (secondary N) is 2. The van der Waals surface area contributed by atoms with Crippen molar-refractivity contribution in [2.45, 2.75) is 20.3 Å². The Morgan fingerprint density at radius 2 is 1.64 bits per heavy atom. The van der Waals surface area contributed by atoms with Crippen molar-refractivity contribution in [3.05, 3.63) is 94.9 Å². The van der Waals surface area contributed by atoms with Crippen LogP contribution in [0, 0.1) is 13.8 Å². The van der Waals surface area contributed by atoms with Crippen LogP contribution < -0.4 is 16.4 Å². The number of aryl methyl sites for hydroxylation is 2. The lowest BCUT2D eigenvalue weighted by molar-refractivity contribution is 0.101. The molecule has 0 aliphatic rings. The lowest BCUT2D eigenvalue weighted by Crippen LogP contribution is -2.16. The molecule has 4 aromatic rings. The van der Waals surface area contributed by atoms with Gasteiger partial charge in [-0.25, -0.2) is 9.97 Å². The number of aromatic nitrogens is 3. The van der Waals surface area contributed by atoms with Crippen LogP contribution in [-0.2, 0) is 6.42 Å². The van der Waals surface area contributed by atoms with Crippen molar-refractivity contribution in [2.24, 2.45) is 0 Å². The van der Waals surface area contributed by atoms with Crippen LogP contribution in [0.5, 0.6) is 0 Å². The highest BCUT2D eigenvalue weighted by molar-refractivity contribution is 6.08. The minimum Gasteiger partial charge on any atom is -0.399 e. The van der Waals surface area contributed by atoms with E-state index in [9.17, 15) is 9.59 Å². The number of hydrogen-bond donors (Lipinski definition) is 3. The van der Waals surface area contributed by atoms with Gasteiger partial charge in [0.1, 0.15) is 17.1 Å². The number of amides is 2. The number of carbonyl (C=O) groups is 2. The number of nitrogens with zero attached hydrogens (tertiary/aromatic N) is 3. The first-order valence-corrected chi connectivity index (χ1v) is 10.2. The van der Waals surface area contributed by atoms with Crippen molar-refractivity contribution < 1.29 is 14.1 Å². The van der Waals surface area contributed by atoms with Gasteiger partial charge in [0.2, 0.25) is 0 Å². The molecule has 2 aromatic heterocycles. The van der Waals surface area contributed by atoms with E-state index in [1.54, 1.807) is 37.5 Å². The first-order chi connectivity index (χ1) is 15.9. The number of rotatable bonds is 6. The molecule has 0 fully saturated rings. The lowest BCUT2D eigenvalue weighted by Gasteiger charge is -2.11. The Hall–Kier alpha value is -4.53. The Balaban J connectivity index is 1.44. The molecule has 0 spiro atoms. The molecule has 0 radical (unpaired) electrons. The second-order valence-electron chi connectivity index (χ2n) is 7.54. The summed E-state index contributed by atoms with van der Waals surface area (Å²) in [6, 6.07) is 12.6. The van der Waals surface area contributed by atoms with Crippen LogP contribution >= 0.6 is 0 Å². The third-order valence-electron chi connectivity index (χ3n) is 5.01. The van der Waals surface area contributed by atoms with Crippen molar-refractivity contribution in [1.82, 2.24) is 15.1 Å². The number of anilines is 3. The Morgan fingerprint density at radius 1 is 0.909 bits per heavy atom. The highest BCUT2D eigenvalue weighted by Crippen LogP contribution is 2.19. The second kappa shape index (κ2) is 9.31. The van der Waals surface area contributed by atoms with Crippen LogP contribution in [0.3, 0.4) is 0 Å². The van der Waals surface area contributed by atoms with Crippen molar-refractivity contribution in [2.75, 3.05) is 16.4 Å². The Bertz CT molecular complexity index is 1310. The molecule has 2 amide bonds. The average molecular weight is 442 g/mol. The minimum atomic E-state index is -0.367. The van der Waals surface area contributed by atoms with Crippen LogP contribution in [0.25, 0.3) is 0 Å². The van der Waals surface area contributed by atoms with Gasteiger partial charge in [-0.3, -0.25) is 9.59 Å². The van der Waals surface area contributed by atoms with E-state index in [0.717, 1.165) is 11.1 Å². The van der Waals surface area contributed by atoms with E-state index in [4.69, 9.17) is 10.3 Å². The summed E-state index contributed by atoms with van der Waals surface area (Å²) in [5.41, 5.74) is 9.93. The smallest absolute Gasteiger partial charge is 0.260 e. The van der Waals surface area contributed by atoms with Gasteiger partial charge >= 0.3 is 0 Å². The first kappa shape index (κ1) is 21.7. The summed E-state index contributed by atoms with van der Waals surface area (Å²) in [5, 5.41) is 9.16. The molecule has 0 unspecified atom stereocenters. The summed E-state index contributed by atoms with van der Waals surface area (Å²) in [7, 11) is 0. The van der Waals surface area contributed by atoms with E-state index in [1.165, 1.54) is 6.20 Å². The summed E-state index contributed by atoms with van der Waals surface area (Å²) in [6.07, 6.45) is 5.00. The SMILES string of the molecule is Cc1ccc(NC(=O)c2cnoc2C)cc1C(=O)Nc1cnc(Cc2cccc(N)c2)nc1. The predicted octanol–water partition coefficient (Wildman–Crippen LogP) is 3.76. The molecule has 0 aliphatic heterocycles. The Kier molecular flexibility index (Phi) is 6.12. The van der Waals surface area contributed by atoms with Gasteiger partial charge in [-0.15, -0.1) is 0 Å². The summed E-state index contributed by atoms with van der Waals surface area (Å²) >= 11 is 0. The first-order valence-electron chi connectivity index (χ1n) is 10.2. The van der Waals surface area contributed by atoms with Crippen molar-refractivity contribution in [3.63, 3.8) is 0 Å². The number of nitrogen functional groups attached to an aromatic ring is 1. The zero-order valence-corrected chi connectivity index (χ0v) is 18.1. The third kappa shape index (κ3) is 5.21. The fraction of sp³-hybridized carbons (Fsp3) is 0.125. The molecule has 0 bridgehead atoms. The molecule has 0 saturated heterocycles. The normalized spacial score (nSPS) is 10.6. The van der Waals surface area contributed by atoms with Crippen molar-refractivity contribution in [3.8, 4) is 0 Å². The standard InChI is InChI=1S/C24H22N6O3/c1-14-6-7-18(29-24(32)21-13-28-33-15(21)2)10-20(14)23(31)30-19-11-26-22(27-12-19)9-16-4-3-5-17(25)8-16/h3-8,10-13H,9,25H2,1-2H3,(H,29,32)(H,30,31). The summed E-state index contributed by atoms with van der Waals surface area (Å²) in [6.45, 7) is 3.47. The van der Waals surface area contributed by atoms with Crippen LogP contribution in [0.4, 0.5) is 17.1 Å². The summed E-state index contributed by atoms with van der Waals surface area (Å²) in [5.74, 6) is 0.324. The van der Waals surface area contributed by atoms with Crippen molar-refractivity contribution >= 4 is 28.9 Å². The highest BCUT2D eigenvalue weighted by Gasteiger charge is 2.15. The monoisotopic (exact) mass is 442 g/mol. The highest BCUT2D eigenvalue weighted by atomic mass is 16.5. The van der Waals surface area contributed by atoms with E-state index in [2.05, 4.69) is 25.8 Å². The van der Waals surface area contributed by atoms with E-state index in [1.807, 2.05) is 31.2 Å². The molecule has 33 heavy (non-hydrogen) atoms. The Morgan fingerprint density at radius 3 is 2.33 bits per heavy atom. The molecule has 0 saturated carbocycles. The number of hydrogen-bond acceptors (Lipinski definition) is 7. The minimum absolute atomic E-state index is 0.331. The molecule has 4 rings (SSSR count). The van der Waals surface area contributed by atoms with Gasteiger partial charge in [0.05, 0.1) is 24.3 Å². The lowest BCUT2D eigenvalue weighted by atomic mass is 10.1. The largest absolute Gasteiger partial charge is 0.399 e. The molecule has 2 aromatic carbocycles. The summed E-state index contributed by atoms with van der Waals surface area (Å²) in [4.78, 5) is 33.9. The maximum atomic E-state index is 12.9. The van der Waals surface area contributed by atoms with E-state index >= 15 is 0 Å². The average Bonchev–Trinajstić information content (AvgIpc) is 3.22. The zero-order valence-electron chi connectivity index (χ0n) is 18.1. The second-order valence-corrected chi connectivity index (χ2v) is 7.54. The molecular weight excluding hydrogens is 420 g/mol. The number of carbonyl (C=O) groups excluding carboxylic acids is 2. The van der Waals surface area contributed by atoms with E-state index in [0.29, 0.717) is 46.2 Å². The van der Waals surface area contributed by atoms with Crippen LogP contribution in [0.15, 0.2) is 65.6 Å². The zero-order chi connectivity index (χ0) is 23.4. The topological polar surface area (TPSA) is 136 Å². The molecule has 0 aliphatic carbocycles. The molecule has 2 heterocycles. The van der Waals surface area contributed by atoms with Crippen LogP contribution in [-0.4, -0.2) is 26.9 Å². The molecule has 9 heteroatoms. The fourth-order valence-corrected chi connectivity index (χ4v) is 3.25. The van der Waals surface area contributed by atoms with Gasteiger partial charge < -0.3 is 20.9 Å². The maximum Gasteiger partial charge on any atom is 0.260 e. The van der Waals surface area contributed by atoms with E-state index in [-0.39, 0.29) is 11.8 Å². The van der Waals surface area contributed by atoms with E-state index < -0.39 is 0 Å². The van der Waals surface area contributed by atoms with Gasteiger partial charge in [-0.05, 0) is 49.2 Å². The molecular formula is C24H22N6O3. The number of benzene rings is 2. The predicted molar refractivity (Wildman–Crippen MR) is 124 cm³/mol. The van der Waals surface area contributed by atoms with Gasteiger partial charge in [0.25, 0.3) is 11.8 Å². The van der Waals surface area contributed by atoms with Gasteiger partial charge in [-0.1, -0.05) is 23.4 Å². The van der Waals surface area contributed by atoms with Gasteiger partial charge in [-0.2, -0.15) is 0 Å². The summed E-state index contributed by atoms with van der Waals surface area (Å²) < 4.78 is 4.93.